The number of ketones is 1. The molecule has 0 unspecified atom stereocenters. The van der Waals surface area contributed by atoms with Gasteiger partial charge in [0.05, 0.1) is 12.2 Å². The molecule has 1 aromatic rings. The summed E-state index contributed by atoms with van der Waals surface area (Å²) in [6, 6.07) is 8.11. The highest BCUT2D eigenvalue weighted by atomic mass is 16.5. The van der Waals surface area contributed by atoms with Crippen molar-refractivity contribution in [3.05, 3.63) is 52.4 Å². The molecule has 156 valence electrons. The van der Waals surface area contributed by atoms with Crippen molar-refractivity contribution in [2.75, 3.05) is 25.6 Å². The van der Waals surface area contributed by atoms with E-state index in [0.717, 1.165) is 34.6 Å². The van der Waals surface area contributed by atoms with Gasteiger partial charge in [0, 0.05) is 49.1 Å². The highest BCUT2D eigenvalue weighted by Gasteiger charge is 2.43. The number of carbonyl (C=O) groups is 2. The van der Waals surface area contributed by atoms with Gasteiger partial charge in [-0.05, 0) is 42.9 Å². The van der Waals surface area contributed by atoms with Gasteiger partial charge in [-0.3, -0.25) is 4.79 Å². The molecule has 5 heteroatoms. The van der Waals surface area contributed by atoms with Crippen LogP contribution in [-0.4, -0.2) is 32.5 Å². The van der Waals surface area contributed by atoms with Gasteiger partial charge < -0.3 is 15.0 Å². The lowest BCUT2D eigenvalue weighted by Crippen LogP contribution is -2.39. The quantitative estimate of drug-likeness (QED) is 0.752. The highest BCUT2D eigenvalue weighted by Crippen LogP contribution is 2.47. The standard InChI is InChI=1S/C24H32N2O3/c1-7-17-22(23(28)29-8-2)20(15-9-11-16(12-10-15)26(5)6)21-18(25-17)13-24(3,4)14-19(21)27/h9-12,20,25H,7-8,13-14H2,1-6H3/t20-/m1/s1. The lowest BCUT2D eigenvalue weighted by atomic mass is 9.68. The predicted octanol–water partition coefficient (Wildman–Crippen LogP) is 4.31. The molecule has 29 heavy (non-hydrogen) atoms. The molecule has 1 atom stereocenters. The van der Waals surface area contributed by atoms with E-state index in [-0.39, 0.29) is 23.1 Å². The topological polar surface area (TPSA) is 58.6 Å². The second-order valence-electron chi connectivity index (χ2n) is 8.84. The molecular weight excluding hydrogens is 364 g/mol. The Morgan fingerprint density at radius 2 is 1.83 bits per heavy atom. The number of nitrogens with zero attached hydrogens (tertiary/aromatic N) is 1. The van der Waals surface area contributed by atoms with Gasteiger partial charge in [-0.15, -0.1) is 0 Å². The van der Waals surface area contributed by atoms with E-state index in [2.05, 4.69) is 19.2 Å². The first kappa shape index (κ1) is 21.2. The molecule has 1 heterocycles. The highest BCUT2D eigenvalue weighted by molar-refractivity contribution is 6.04. The molecule has 0 saturated heterocycles. The van der Waals surface area contributed by atoms with Crippen LogP contribution in [0.2, 0.25) is 0 Å². The Hall–Kier alpha value is -2.56. The third kappa shape index (κ3) is 4.09. The molecule has 1 aromatic carbocycles. The van der Waals surface area contributed by atoms with E-state index in [1.807, 2.05) is 50.2 Å². The van der Waals surface area contributed by atoms with Crippen molar-refractivity contribution in [3.8, 4) is 0 Å². The zero-order valence-corrected chi connectivity index (χ0v) is 18.4. The van der Waals surface area contributed by atoms with Crippen LogP contribution in [0.1, 0.15) is 58.4 Å². The molecular formula is C24H32N2O3. The van der Waals surface area contributed by atoms with Crippen LogP contribution in [0.3, 0.4) is 0 Å². The Balaban J connectivity index is 2.18. The van der Waals surface area contributed by atoms with Gasteiger partial charge in [-0.1, -0.05) is 32.9 Å². The van der Waals surface area contributed by atoms with Crippen molar-refractivity contribution in [2.24, 2.45) is 5.41 Å². The number of nitrogens with one attached hydrogen (secondary N) is 1. The van der Waals surface area contributed by atoms with Crippen LogP contribution in [0, 0.1) is 5.41 Å². The fraction of sp³-hybridized carbons (Fsp3) is 0.500. The Morgan fingerprint density at radius 3 is 2.38 bits per heavy atom. The van der Waals surface area contributed by atoms with Gasteiger partial charge in [0.2, 0.25) is 0 Å². The van der Waals surface area contributed by atoms with Crippen LogP contribution in [0.4, 0.5) is 5.69 Å². The molecule has 0 amide bonds. The van der Waals surface area contributed by atoms with E-state index in [0.29, 0.717) is 25.0 Å². The Bertz CT molecular complexity index is 876. The SMILES string of the molecule is CCOC(=O)C1=C(CC)NC2=C(C(=O)CC(C)(C)C2)[C@H]1c1ccc(N(C)C)cc1. The fourth-order valence-corrected chi connectivity index (χ4v) is 4.38. The summed E-state index contributed by atoms with van der Waals surface area (Å²) in [6.45, 7) is 8.37. The summed E-state index contributed by atoms with van der Waals surface area (Å²) in [5.41, 5.74) is 5.04. The third-order valence-electron chi connectivity index (χ3n) is 5.72. The number of Topliss-reactive ketones (excluding diaryl/α,β-unsaturated/α-hetero) is 1. The summed E-state index contributed by atoms with van der Waals surface area (Å²) in [6.07, 6.45) is 1.95. The van der Waals surface area contributed by atoms with Crippen LogP contribution in [0.25, 0.3) is 0 Å². The van der Waals surface area contributed by atoms with Crippen molar-refractivity contribution in [2.45, 2.75) is 52.9 Å². The Morgan fingerprint density at radius 1 is 1.17 bits per heavy atom. The minimum absolute atomic E-state index is 0.0947. The van der Waals surface area contributed by atoms with E-state index >= 15 is 0 Å². The van der Waals surface area contributed by atoms with Crippen LogP contribution in [0.5, 0.6) is 0 Å². The van der Waals surface area contributed by atoms with Crippen LogP contribution in [-0.2, 0) is 14.3 Å². The van der Waals surface area contributed by atoms with E-state index in [1.54, 1.807) is 6.92 Å². The van der Waals surface area contributed by atoms with Gasteiger partial charge >= 0.3 is 5.97 Å². The zero-order valence-electron chi connectivity index (χ0n) is 18.4. The first-order chi connectivity index (χ1) is 13.7. The zero-order chi connectivity index (χ0) is 21.3. The predicted molar refractivity (Wildman–Crippen MR) is 116 cm³/mol. The number of ether oxygens (including phenoxy) is 1. The van der Waals surface area contributed by atoms with Crippen molar-refractivity contribution < 1.29 is 14.3 Å². The van der Waals surface area contributed by atoms with E-state index in [9.17, 15) is 9.59 Å². The number of dihydropyridines is 1. The lowest BCUT2D eigenvalue weighted by Gasteiger charge is -2.40. The molecule has 3 rings (SSSR count). The number of rotatable bonds is 5. The molecule has 1 N–H and O–H groups in total. The van der Waals surface area contributed by atoms with Crippen LogP contribution in [0.15, 0.2) is 46.8 Å². The number of hydrogen-bond acceptors (Lipinski definition) is 5. The monoisotopic (exact) mass is 396 g/mol. The molecule has 0 aromatic heterocycles. The van der Waals surface area contributed by atoms with Crippen LogP contribution < -0.4 is 10.2 Å². The summed E-state index contributed by atoms with van der Waals surface area (Å²) >= 11 is 0. The van der Waals surface area contributed by atoms with Crippen molar-refractivity contribution >= 4 is 17.4 Å². The van der Waals surface area contributed by atoms with E-state index < -0.39 is 0 Å². The first-order valence-corrected chi connectivity index (χ1v) is 10.4. The second-order valence-corrected chi connectivity index (χ2v) is 8.84. The molecule has 0 spiro atoms. The largest absolute Gasteiger partial charge is 0.463 e. The molecule has 1 aliphatic carbocycles. The average Bonchev–Trinajstić information content (AvgIpc) is 2.65. The summed E-state index contributed by atoms with van der Waals surface area (Å²) in [7, 11) is 3.98. The average molecular weight is 397 g/mol. The molecule has 0 fully saturated rings. The molecule has 0 saturated carbocycles. The van der Waals surface area contributed by atoms with Gasteiger partial charge in [0.15, 0.2) is 5.78 Å². The van der Waals surface area contributed by atoms with Crippen molar-refractivity contribution in [1.82, 2.24) is 5.32 Å². The number of hydrogen-bond donors (Lipinski definition) is 1. The minimum Gasteiger partial charge on any atom is -0.463 e. The number of anilines is 1. The molecule has 0 radical (unpaired) electrons. The van der Waals surface area contributed by atoms with E-state index in [4.69, 9.17) is 4.74 Å². The summed E-state index contributed by atoms with van der Waals surface area (Å²) in [5, 5.41) is 3.44. The number of benzene rings is 1. The third-order valence-corrected chi connectivity index (χ3v) is 5.72. The molecule has 5 nitrogen and oxygen atoms in total. The maximum absolute atomic E-state index is 13.2. The van der Waals surface area contributed by atoms with E-state index in [1.165, 1.54) is 0 Å². The fourth-order valence-electron chi connectivity index (χ4n) is 4.38. The second kappa shape index (κ2) is 8.05. The normalized spacial score (nSPS) is 20.9. The number of allylic oxidation sites excluding steroid dienone is 3. The summed E-state index contributed by atoms with van der Waals surface area (Å²) < 4.78 is 5.40. The maximum Gasteiger partial charge on any atom is 0.336 e. The maximum atomic E-state index is 13.2. The summed E-state index contributed by atoms with van der Waals surface area (Å²) in [5.74, 6) is -0.620. The van der Waals surface area contributed by atoms with Gasteiger partial charge in [0.25, 0.3) is 0 Å². The Kier molecular flexibility index (Phi) is 5.87. The molecule has 0 bridgehead atoms. The van der Waals surface area contributed by atoms with Gasteiger partial charge in [0.1, 0.15) is 0 Å². The smallest absolute Gasteiger partial charge is 0.336 e. The van der Waals surface area contributed by atoms with Gasteiger partial charge in [-0.2, -0.15) is 0 Å². The minimum atomic E-state index is -0.389. The molecule has 1 aliphatic heterocycles. The first-order valence-electron chi connectivity index (χ1n) is 10.4. The van der Waals surface area contributed by atoms with Crippen molar-refractivity contribution in [1.29, 1.82) is 0 Å². The Labute approximate surface area is 173 Å². The van der Waals surface area contributed by atoms with Crippen LogP contribution >= 0.6 is 0 Å². The number of carbonyl (C=O) groups excluding carboxylic acids is 2. The molecule has 2 aliphatic rings. The number of esters is 1. The van der Waals surface area contributed by atoms with Gasteiger partial charge in [-0.25, -0.2) is 4.79 Å². The lowest BCUT2D eigenvalue weighted by molar-refractivity contribution is -0.138. The summed E-state index contributed by atoms with van der Waals surface area (Å²) in [4.78, 5) is 28.2. The van der Waals surface area contributed by atoms with Crippen molar-refractivity contribution in [3.63, 3.8) is 0 Å².